The van der Waals surface area contributed by atoms with Gasteiger partial charge in [-0.15, -0.1) is 0 Å². The second-order valence-corrected chi connectivity index (χ2v) is 6.95. The van der Waals surface area contributed by atoms with E-state index in [9.17, 15) is 9.18 Å². The molecule has 0 radical (unpaired) electrons. The summed E-state index contributed by atoms with van der Waals surface area (Å²) in [6.45, 7) is 0.449. The van der Waals surface area contributed by atoms with Crippen LogP contribution in [0.4, 0.5) is 10.2 Å². The van der Waals surface area contributed by atoms with Gasteiger partial charge in [0.25, 0.3) is 0 Å². The van der Waals surface area contributed by atoms with Crippen molar-refractivity contribution in [1.82, 2.24) is 9.78 Å². The Labute approximate surface area is 155 Å². The predicted octanol–water partition coefficient (Wildman–Crippen LogP) is 4.47. The minimum atomic E-state index is -0.273. The van der Waals surface area contributed by atoms with E-state index < -0.39 is 0 Å². The molecule has 1 saturated carbocycles. The van der Waals surface area contributed by atoms with Crippen LogP contribution in [0.5, 0.6) is 0 Å². The number of hydrogen-bond donors (Lipinski definition) is 1. The van der Waals surface area contributed by atoms with E-state index in [1.165, 1.54) is 12.1 Å². The molecule has 4 nitrogen and oxygen atoms in total. The number of carbonyl (C=O) groups is 1. The fraction of sp³-hybridized carbons (Fsp3) is 0.200. The van der Waals surface area contributed by atoms with E-state index in [-0.39, 0.29) is 23.6 Å². The molecular formula is C20H17ClFN3O. The maximum Gasteiger partial charge on any atom is 0.229 e. The summed E-state index contributed by atoms with van der Waals surface area (Å²) in [5.74, 6) is 0.408. The van der Waals surface area contributed by atoms with Gasteiger partial charge in [-0.2, -0.15) is 5.10 Å². The molecule has 6 heteroatoms. The third-order valence-electron chi connectivity index (χ3n) is 4.55. The highest BCUT2D eigenvalue weighted by atomic mass is 35.5. The molecule has 1 fully saturated rings. The molecule has 4 rings (SSSR count). The highest BCUT2D eigenvalue weighted by Gasteiger charge is 2.44. The van der Waals surface area contributed by atoms with Crippen molar-refractivity contribution in [2.75, 3.05) is 5.32 Å². The van der Waals surface area contributed by atoms with Crippen LogP contribution in [-0.2, 0) is 11.3 Å². The molecule has 2 aromatic carbocycles. The number of halogens is 2. The van der Waals surface area contributed by atoms with Crippen LogP contribution >= 0.6 is 11.6 Å². The molecule has 0 spiro atoms. The zero-order valence-corrected chi connectivity index (χ0v) is 14.7. The van der Waals surface area contributed by atoms with Gasteiger partial charge >= 0.3 is 0 Å². The van der Waals surface area contributed by atoms with Crippen molar-refractivity contribution in [3.63, 3.8) is 0 Å². The molecule has 0 saturated heterocycles. The average molecular weight is 370 g/mol. The molecule has 0 bridgehead atoms. The van der Waals surface area contributed by atoms with Crippen LogP contribution in [0.1, 0.15) is 23.5 Å². The molecule has 0 aliphatic heterocycles. The van der Waals surface area contributed by atoms with Gasteiger partial charge in [-0.05, 0) is 47.7 Å². The summed E-state index contributed by atoms with van der Waals surface area (Å²) in [7, 11) is 0. The molecule has 26 heavy (non-hydrogen) atoms. The van der Waals surface area contributed by atoms with Gasteiger partial charge in [-0.3, -0.25) is 9.48 Å². The summed E-state index contributed by atoms with van der Waals surface area (Å²) >= 11 is 5.90. The summed E-state index contributed by atoms with van der Waals surface area (Å²) in [4.78, 5) is 12.4. The van der Waals surface area contributed by atoms with Crippen molar-refractivity contribution >= 4 is 23.3 Å². The lowest BCUT2D eigenvalue weighted by Gasteiger charge is -2.04. The van der Waals surface area contributed by atoms with Crippen LogP contribution in [0.15, 0.2) is 60.8 Å². The highest BCUT2D eigenvalue weighted by molar-refractivity contribution is 6.30. The average Bonchev–Trinajstić information content (AvgIpc) is 3.30. The summed E-state index contributed by atoms with van der Waals surface area (Å²) < 4.78 is 14.9. The predicted molar refractivity (Wildman–Crippen MR) is 98.7 cm³/mol. The minimum absolute atomic E-state index is 0.0269. The molecule has 3 aromatic rings. The molecule has 1 heterocycles. The first-order valence-corrected chi connectivity index (χ1v) is 8.80. The van der Waals surface area contributed by atoms with Crippen LogP contribution in [0.3, 0.4) is 0 Å². The third-order valence-corrected chi connectivity index (χ3v) is 4.80. The topological polar surface area (TPSA) is 46.9 Å². The molecule has 1 aliphatic carbocycles. The van der Waals surface area contributed by atoms with E-state index in [0.717, 1.165) is 17.5 Å². The zero-order valence-electron chi connectivity index (χ0n) is 13.9. The second-order valence-electron chi connectivity index (χ2n) is 6.52. The first kappa shape index (κ1) is 16.8. The van der Waals surface area contributed by atoms with Crippen molar-refractivity contribution in [1.29, 1.82) is 0 Å². The second kappa shape index (κ2) is 6.92. The van der Waals surface area contributed by atoms with Gasteiger partial charge in [0.15, 0.2) is 5.82 Å². The van der Waals surface area contributed by atoms with E-state index in [4.69, 9.17) is 11.6 Å². The summed E-state index contributed by atoms with van der Waals surface area (Å²) in [5, 5.41) is 7.89. The number of amides is 1. The van der Waals surface area contributed by atoms with Gasteiger partial charge in [0.2, 0.25) is 5.91 Å². The summed E-state index contributed by atoms with van der Waals surface area (Å²) in [6.07, 6.45) is 2.60. The first-order chi connectivity index (χ1) is 12.6. The molecule has 2 atom stereocenters. The Hall–Kier alpha value is -2.66. The molecule has 132 valence electrons. The largest absolute Gasteiger partial charge is 0.309 e. The van der Waals surface area contributed by atoms with Crippen LogP contribution in [-0.4, -0.2) is 15.7 Å². The number of aromatic nitrogens is 2. The molecule has 1 N–H and O–H groups in total. The van der Waals surface area contributed by atoms with E-state index in [1.54, 1.807) is 23.0 Å². The summed E-state index contributed by atoms with van der Waals surface area (Å²) in [5.41, 5.74) is 1.95. The number of carbonyl (C=O) groups excluding carboxylic acids is 1. The number of anilines is 1. The fourth-order valence-electron chi connectivity index (χ4n) is 3.12. The zero-order chi connectivity index (χ0) is 18.1. The molecule has 1 amide bonds. The van der Waals surface area contributed by atoms with Gasteiger partial charge in [0, 0.05) is 23.2 Å². The lowest BCUT2D eigenvalue weighted by atomic mass is 10.1. The maximum absolute atomic E-state index is 13.2. The third kappa shape index (κ3) is 3.78. The van der Waals surface area contributed by atoms with Gasteiger partial charge in [0.1, 0.15) is 5.82 Å². The molecule has 1 aromatic heterocycles. The van der Waals surface area contributed by atoms with Crippen LogP contribution in [0.2, 0.25) is 5.02 Å². The number of hydrogen-bond acceptors (Lipinski definition) is 2. The van der Waals surface area contributed by atoms with E-state index >= 15 is 0 Å². The Bertz CT molecular complexity index is 938. The maximum atomic E-state index is 13.2. The Kier molecular flexibility index (Phi) is 4.47. The van der Waals surface area contributed by atoms with Crippen molar-refractivity contribution in [2.45, 2.75) is 18.9 Å². The van der Waals surface area contributed by atoms with E-state index in [2.05, 4.69) is 10.4 Å². The first-order valence-electron chi connectivity index (χ1n) is 8.43. The minimum Gasteiger partial charge on any atom is -0.309 e. The van der Waals surface area contributed by atoms with Gasteiger partial charge in [-0.25, -0.2) is 4.39 Å². The standard InChI is InChI=1S/C20H17ClFN3O/c21-15-6-4-14(5-7-15)17-11-18(17)20(26)23-19-8-9-25(24-19)12-13-2-1-3-16(22)10-13/h1-10,17-18H,11-12H2,(H,23,24,26). The fourth-order valence-corrected chi connectivity index (χ4v) is 3.25. The lowest BCUT2D eigenvalue weighted by Crippen LogP contribution is -2.15. The SMILES string of the molecule is O=C(Nc1ccn(Cc2cccc(F)c2)n1)C1CC1c1ccc(Cl)cc1. The van der Waals surface area contributed by atoms with Gasteiger partial charge < -0.3 is 5.32 Å². The molecule has 2 unspecified atom stereocenters. The Morgan fingerprint density at radius 1 is 1.23 bits per heavy atom. The molecule has 1 aliphatic rings. The highest BCUT2D eigenvalue weighted by Crippen LogP contribution is 2.48. The van der Waals surface area contributed by atoms with E-state index in [1.807, 2.05) is 30.3 Å². The number of nitrogens with one attached hydrogen (secondary N) is 1. The number of nitrogens with zero attached hydrogens (tertiary/aromatic N) is 2. The van der Waals surface area contributed by atoms with Crippen LogP contribution < -0.4 is 5.32 Å². The summed E-state index contributed by atoms with van der Waals surface area (Å²) in [6, 6.07) is 15.8. The lowest BCUT2D eigenvalue weighted by molar-refractivity contribution is -0.117. The van der Waals surface area contributed by atoms with Crippen molar-refractivity contribution in [3.8, 4) is 0 Å². The van der Waals surface area contributed by atoms with E-state index in [0.29, 0.717) is 17.4 Å². The smallest absolute Gasteiger partial charge is 0.229 e. The normalized spacial score (nSPS) is 18.5. The Morgan fingerprint density at radius 2 is 2.04 bits per heavy atom. The van der Waals surface area contributed by atoms with Crippen molar-refractivity contribution in [2.24, 2.45) is 5.92 Å². The van der Waals surface area contributed by atoms with Crippen molar-refractivity contribution in [3.05, 3.63) is 82.8 Å². The quantitative estimate of drug-likeness (QED) is 0.721. The van der Waals surface area contributed by atoms with Crippen LogP contribution in [0, 0.1) is 11.7 Å². The molecular weight excluding hydrogens is 353 g/mol. The number of benzene rings is 2. The number of rotatable bonds is 5. The van der Waals surface area contributed by atoms with Gasteiger partial charge in [-0.1, -0.05) is 35.9 Å². The Balaban J connectivity index is 1.35. The van der Waals surface area contributed by atoms with Gasteiger partial charge in [0.05, 0.1) is 6.54 Å². The Morgan fingerprint density at radius 3 is 2.81 bits per heavy atom. The van der Waals surface area contributed by atoms with Crippen LogP contribution in [0.25, 0.3) is 0 Å². The van der Waals surface area contributed by atoms with Crippen molar-refractivity contribution < 1.29 is 9.18 Å². The monoisotopic (exact) mass is 369 g/mol.